The van der Waals surface area contributed by atoms with Gasteiger partial charge in [0.05, 0.1) is 23.6 Å². The summed E-state index contributed by atoms with van der Waals surface area (Å²) in [5.74, 6) is -0.0715. The Labute approximate surface area is 211 Å². The first-order valence-corrected chi connectivity index (χ1v) is 13.4. The average Bonchev–Trinajstić information content (AvgIpc) is 2.89. The molecule has 0 radical (unpaired) electrons. The summed E-state index contributed by atoms with van der Waals surface area (Å²) in [5.41, 5.74) is 2.83. The Bertz CT molecular complexity index is 1370. The largest absolute Gasteiger partial charge is 0.417 e. The fourth-order valence-corrected chi connectivity index (χ4v) is 6.21. The first kappa shape index (κ1) is 24.1. The molecule has 2 atom stereocenters. The smallest absolute Gasteiger partial charge is 0.392 e. The molecule has 0 aromatic heterocycles. The van der Waals surface area contributed by atoms with Gasteiger partial charge in [0.2, 0.25) is 5.88 Å². The number of carbonyl (C=O) groups is 1. The molecule has 8 heteroatoms. The van der Waals surface area contributed by atoms with Gasteiger partial charge in [0.1, 0.15) is 0 Å². The average molecular weight is 505 g/mol. The number of nitrogens with zero attached hydrogens (tertiary/aromatic N) is 2. The number of cyclic esters (lactones) is 1. The van der Waals surface area contributed by atoms with Crippen molar-refractivity contribution in [2.24, 2.45) is 0 Å². The maximum absolute atomic E-state index is 14.1. The Morgan fingerprint density at radius 2 is 1.61 bits per heavy atom. The van der Waals surface area contributed by atoms with Crippen molar-refractivity contribution in [3.63, 3.8) is 0 Å². The Hall–Kier alpha value is -3.62. The number of rotatable bonds is 6. The number of carbonyl (C=O) groups excluding carboxylic acids is 1. The summed E-state index contributed by atoms with van der Waals surface area (Å²) in [5, 5.41) is 11.0. The second-order valence-corrected chi connectivity index (χ2v) is 11.0. The number of piperidine rings is 1. The van der Waals surface area contributed by atoms with Crippen molar-refractivity contribution in [3.05, 3.63) is 108 Å². The highest BCUT2D eigenvalue weighted by molar-refractivity contribution is 7.89. The number of benzene rings is 3. The number of amides is 1. The molecule has 2 aliphatic heterocycles. The molecule has 1 amide bonds. The zero-order chi connectivity index (χ0) is 25.3. The predicted octanol–water partition coefficient (Wildman–Crippen LogP) is 4.53. The lowest BCUT2D eigenvalue weighted by atomic mass is 9.88. The molecule has 1 N–H and O–H groups in total. The standard InChI is InChI=1S/C28H28N2O5S/c1-20-14-16-23(17-15-20)36(33,34)30(19-21-9-4-2-5-10-21)27-25(22-11-6-3-7-12-22)26-24(31)13-8-18-29(26)28(32)35-27/h2-7,9-12,14-17,24,26,31H,8,13,18-19H2,1H3/t24-,26-/m1/s1. The van der Waals surface area contributed by atoms with E-state index in [1.807, 2.05) is 67.6 Å². The predicted molar refractivity (Wildman–Crippen MR) is 136 cm³/mol. The quantitative estimate of drug-likeness (QED) is 0.533. The number of ether oxygens (including phenoxy) is 1. The van der Waals surface area contributed by atoms with Gasteiger partial charge in [0.25, 0.3) is 10.0 Å². The number of fused-ring (bicyclic) bond motifs is 1. The fraction of sp³-hybridized carbons (Fsp3) is 0.250. The number of sulfonamides is 1. The summed E-state index contributed by atoms with van der Waals surface area (Å²) in [6, 6.07) is 24.2. The maximum atomic E-state index is 14.1. The van der Waals surface area contributed by atoms with Crippen LogP contribution in [0.25, 0.3) is 5.57 Å². The highest BCUT2D eigenvalue weighted by Crippen LogP contribution is 2.40. The summed E-state index contributed by atoms with van der Waals surface area (Å²) in [6.45, 7) is 2.27. The molecule has 186 valence electrons. The third kappa shape index (κ3) is 4.50. The van der Waals surface area contributed by atoms with Crippen LogP contribution in [0.3, 0.4) is 0 Å². The minimum Gasteiger partial charge on any atom is -0.392 e. The molecule has 0 saturated carbocycles. The zero-order valence-corrected chi connectivity index (χ0v) is 20.8. The van der Waals surface area contributed by atoms with Crippen LogP contribution in [0.2, 0.25) is 0 Å². The molecule has 0 bridgehead atoms. The topological polar surface area (TPSA) is 87.2 Å². The molecule has 0 unspecified atom stereocenters. The molecule has 1 fully saturated rings. The highest BCUT2D eigenvalue weighted by Gasteiger charge is 2.46. The molecule has 2 heterocycles. The maximum Gasteiger partial charge on any atom is 0.417 e. The Balaban J connectivity index is 1.75. The van der Waals surface area contributed by atoms with Crippen LogP contribution in [0.5, 0.6) is 0 Å². The van der Waals surface area contributed by atoms with Gasteiger partial charge in [-0.25, -0.2) is 17.5 Å². The van der Waals surface area contributed by atoms with Crippen LogP contribution in [0.15, 0.2) is 95.7 Å². The number of aliphatic hydroxyl groups excluding tert-OH is 1. The number of aryl methyl sites for hydroxylation is 1. The molecular formula is C28H28N2O5S. The van der Waals surface area contributed by atoms with Crippen molar-refractivity contribution in [1.29, 1.82) is 0 Å². The van der Waals surface area contributed by atoms with Gasteiger partial charge in [-0.3, -0.25) is 4.90 Å². The lowest BCUT2D eigenvalue weighted by Crippen LogP contribution is -2.55. The van der Waals surface area contributed by atoms with E-state index in [0.717, 1.165) is 15.4 Å². The second-order valence-electron chi connectivity index (χ2n) is 9.11. The molecule has 3 aromatic rings. The third-order valence-electron chi connectivity index (χ3n) is 6.63. The van der Waals surface area contributed by atoms with E-state index >= 15 is 0 Å². The number of hydrogen-bond acceptors (Lipinski definition) is 5. The first-order valence-electron chi connectivity index (χ1n) is 12.0. The van der Waals surface area contributed by atoms with Crippen LogP contribution in [0, 0.1) is 6.92 Å². The van der Waals surface area contributed by atoms with Gasteiger partial charge in [-0.05, 0) is 43.0 Å². The van der Waals surface area contributed by atoms with Crippen LogP contribution in [-0.2, 0) is 21.3 Å². The van der Waals surface area contributed by atoms with Crippen LogP contribution in [0.1, 0.15) is 29.5 Å². The van der Waals surface area contributed by atoms with E-state index < -0.39 is 28.3 Å². The van der Waals surface area contributed by atoms with Crippen molar-refractivity contribution in [1.82, 2.24) is 9.21 Å². The van der Waals surface area contributed by atoms with E-state index in [2.05, 4.69) is 0 Å². The van der Waals surface area contributed by atoms with E-state index in [4.69, 9.17) is 4.74 Å². The normalized spacial score (nSPS) is 20.1. The summed E-state index contributed by atoms with van der Waals surface area (Å²) in [6.07, 6.45) is -0.371. The van der Waals surface area contributed by atoms with Gasteiger partial charge in [-0.2, -0.15) is 0 Å². The van der Waals surface area contributed by atoms with E-state index in [1.54, 1.807) is 24.3 Å². The Kier molecular flexibility index (Phi) is 6.55. The van der Waals surface area contributed by atoms with Gasteiger partial charge >= 0.3 is 6.09 Å². The summed E-state index contributed by atoms with van der Waals surface area (Å²) >= 11 is 0. The van der Waals surface area contributed by atoms with Crippen LogP contribution >= 0.6 is 0 Å². The van der Waals surface area contributed by atoms with Crippen LogP contribution < -0.4 is 0 Å². The first-order chi connectivity index (χ1) is 17.4. The second kappa shape index (κ2) is 9.79. The number of hydrogen-bond donors (Lipinski definition) is 1. The van der Waals surface area contributed by atoms with Gasteiger partial charge in [-0.1, -0.05) is 78.4 Å². The molecule has 7 nitrogen and oxygen atoms in total. The summed E-state index contributed by atoms with van der Waals surface area (Å²) < 4.78 is 35.2. The molecule has 36 heavy (non-hydrogen) atoms. The van der Waals surface area contributed by atoms with Crippen molar-refractivity contribution in [3.8, 4) is 0 Å². The lowest BCUT2D eigenvalue weighted by Gasteiger charge is -2.44. The summed E-state index contributed by atoms with van der Waals surface area (Å²) in [4.78, 5) is 14.8. The molecule has 2 aliphatic rings. The van der Waals surface area contributed by atoms with Crippen LogP contribution in [0.4, 0.5) is 4.79 Å². The Morgan fingerprint density at radius 3 is 2.28 bits per heavy atom. The molecule has 0 aliphatic carbocycles. The minimum atomic E-state index is -4.14. The van der Waals surface area contributed by atoms with Crippen molar-refractivity contribution >= 4 is 21.7 Å². The van der Waals surface area contributed by atoms with Gasteiger partial charge in [0.15, 0.2) is 0 Å². The third-order valence-corrected chi connectivity index (χ3v) is 8.38. The fourth-order valence-electron chi connectivity index (χ4n) is 4.80. The van der Waals surface area contributed by atoms with Gasteiger partial charge in [-0.15, -0.1) is 0 Å². The van der Waals surface area contributed by atoms with Crippen LogP contribution in [-0.4, -0.2) is 47.5 Å². The van der Waals surface area contributed by atoms with E-state index in [9.17, 15) is 18.3 Å². The molecular weight excluding hydrogens is 476 g/mol. The van der Waals surface area contributed by atoms with E-state index in [-0.39, 0.29) is 17.3 Å². The highest BCUT2D eigenvalue weighted by atomic mass is 32.2. The Morgan fingerprint density at radius 1 is 0.972 bits per heavy atom. The van der Waals surface area contributed by atoms with E-state index in [1.165, 1.54) is 4.90 Å². The number of aliphatic hydroxyl groups is 1. The minimum absolute atomic E-state index is 0.0428. The monoisotopic (exact) mass is 504 g/mol. The molecule has 5 rings (SSSR count). The summed E-state index contributed by atoms with van der Waals surface area (Å²) in [7, 11) is -4.14. The van der Waals surface area contributed by atoms with Crippen molar-refractivity contribution in [2.75, 3.05) is 6.54 Å². The van der Waals surface area contributed by atoms with Crippen molar-refractivity contribution in [2.45, 2.75) is 43.4 Å². The molecule has 0 spiro atoms. The van der Waals surface area contributed by atoms with Gasteiger partial charge in [0, 0.05) is 12.1 Å². The zero-order valence-electron chi connectivity index (χ0n) is 19.9. The van der Waals surface area contributed by atoms with E-state index in [0.29, 0.717) is 30.5 Å². The van der Waals surface area contributed by atoms with Crippen molar-refractivity contribution < 1.29 is 23.1 Å². The lowest BCUT2D eigenvalue weighted by molar-refractivity contribution is 0.0171. The molecule has 3 aromatic carbocycles. The SMILES string of the molecule is Cc1ccc(S(=O)(=O)N(Cc2ccccc2)C2=C(c3ccccc3)[C@H]3[C@H](O)CCCN3C(=O)O2)cc1. The molecule has 1 saturated heterocycles. The van der Waals surface area contributed by atoms with Gasteiger partial charge < -0.3 is 9.84 Å².